The van der Waals surface area contributed by atoms with Crippen molar-refractivity contribution in [3.63, 3.8) is 0 Å². The van der Waals surface area contributed by atoms with Gasteiger partial charge in [-0.15, -0.1) is 0 Å². The molecule has 5 heterocycles. The normalized spacial score (nSPS) is 13.3. The number of amides is 1. The number of H-pyrrole nitrogens is 1. The summed E-state index contributed by atoms with van der Waals surface area (Å²) in [7, 11) is 0. The molecule has 8 heteroatoms. The second-order valence-corrected chi connectivity index (χ2v) is 8.14. The molecule has 1 aliphatic rings. The number of hydrogen-bond acceptors (Lipinski definition) is 6. The zero-order valence-electron chi connectivity index (χ0n) is 17.7. The molecule has 2 N–H and O–H groups in total. The molecule has 0 bridgehead atoms. The largest absolute Gasteiger partial charge is 0.361 e. The first kappa shape index (κ1) is 19.4. The lowest BCUT2D eigenvalue weighted by molar-refractivity contribution is -0.115. The lowest BCUT2D eigenvalue weighted by Crippen LogP contribution is -2.15. The van der Waals surface area contributed by atoms with Crippen molar-refractivity contribution in [1.82, 2.24) is 25.1 Å². The average molecular weight is 436 g/mol. The van der Waals surface area contributed by atoms with Crippen LogP contribution < -0.4 is 5.32 Å². The number of hydrogen-bond donors (Lipinski definition) is 2. The standard InChI is InChI=1S/C25H20N6O2/c32-22(14-17-13-20(33-31-17)15-6-7-15)30-21-12-16(8-11-27-21)24-23(18-4-1-2-9-26-18)25-19(29-24)5-3-10-28-25/h1-5,8-13,15,29H,6-7,14H2,(H,27,30,32). The molecule has 1 fully saturated rings. The summed E-state index contributed by atoms with van der Waals surface area (Å²) in [5.74, 6) is 1.60. The average Bonchev–Trinajstić information content (AvgIpc) is 3.46. The summed E-state index contributed by atoms with van der Waals surface area (Å²) in [6, 6.07) is 15.3. The van der Waals surface area contributed by atoms with Gasteiger partial charge in [0.15, 0.2) is 0 Å². The summed E-state index contributed by atoms with van der Waals surface area (Å²) in [5.41, 5.74) is 5.84. The fourth-order valence-electron chi connectivity index (χ4n) is 3.98. The number of carbonyl (C=O) groups excluding carboxylic acids is 1. The minimum atomic E-state index is -0.196. The maximum absolute atomic E-state index is 12.6. The Balaban J connectivity index is 1.30. The molecule has 162 valence electrons. The summed E-state index contributed by atoms with van der Waals surface area (Å²) in [5, 5.41) is 6.89. The highest BCUT2D eigenvalue weighted by molar-refractivity contribution is 6.01. The van der Waals surface area contributed by atoms with Gasteiger partial charge in [-0.25, -0.2) is 4.98 Å². The Morgan fingerprint density at radius 2 is 1.94 bits per heavy atom. The van der Waals surface area contributed by atoms with Crippen molar-refractivity contribution >= 4 is 22.8 Å². The van der Waals surface area contributed by atoms with Gasteiger partial charge < -0.3 is 14.8 Å². The van der Waals surface area contributed by atoms with Crippen LogP contribution in [0.5, 0.6) is 0 Å². The molecule has 0 unspecified atom stereocenters. The highest BCUT2D eigenvalue weighted by Crippen LogP contribution is 2.40. The monoisotopic (exact) mass is 436 g/mol. The minimum Gasteiger partial charge on any atom is -0.361 e. The van der Waals surface area contributed by atoms with Crippen LogP contribution in [0.2, 0.25) is 0 Å². The van der Waals surface area contributed by atoms with Crippen molar-refractivity contribution < 1.29 is 9.32 Å². The van der Waals surface area contributed by atoms with Gasteiger partial charge in [0, 0.05) is 36.1 Å². The number of pyridine rings is 3. The quantitative estimate of drug-likeness (QED) is 0.398. The Labute approximate surface area is 189 Å². The lowest BCUT2D eigenvalue weighted by Gasteiger charge is -2.07. The first-order valence-electron chi connectivity index (χ1n) is 10.8. The zero-order valence-corrected chi connectivity index (χ0v) is 17.7. The first-order chi connectivity index (χ1) is 16.2. The topological polar surface area (TPSA) is 110 Å². The van der Waals surface area contributed by atoms with Crippen molar-refractivity contribution in [3.05, 3.63) is 78.6 Å². The zero-order chi connectivity index (χ0) is 22.2. The van der Waals surface area contributed by atoms with E-state index in [1.54, 1.807) is 18.6 Å². The van der Waals surface area contributed by atoms with Gasteiger partial charge in [-0.1, -0.05) is 11.2 Å². The van der Waals surface area contributed by atoms with E-state index < -0.39 is 0 Å². The lowest BCUT2D eigenvalue weighted by atomic mass is 10.0. The summed E-state index contributed by atoms with van der Waals surface area (Å²) in [6.07, 6.45) is 7.59. The van der Waals surface area contributed by atoms with Crippen LogP contribution in [0.4, 0.5) is 5.82 Å². The fraction of sp³-hybridized carbons (Fsp3) is 0.160. The van der Waals surface area contributed by atoms with Crippen molar-refractivity contribution in [2.75, 3.05) is 5.32 Å². The number of nitrogens with zero attached hydrogens (tertiary/aromatic N) is 4. The Hall–Kier alpha value is -4.33. The van der Waals surface area contributed by atoms with Gasteiger partial charge in [0.1, 0.15) is 11.6 Å². The number of rotatable bonds is 6. The highest BCUT2D eigenvalue weighted by Gasteiger charge is 2.28. The van der Waals surface area contributed by atoms with E-state index in [9.17, 15) is 4.79 Å². The van der Waals surface area contributed by atoms with Gasteiger partial charge >= 0.3 is 0 Å². The number of carbonyl (C=O) groups is 1. The van der Waals surface area contributed by atoms with E-state index >= 15 is 0 Å². The van der Waals surface area contributed by atoms with Gasteiger partial charge in [0.05, 0.1) is 40.1 Å². The molecule has 6 rings (SSSR count). The summed E-state index contributed by atoms with van der Waals surface area (Å²) in [4.78, 5) is 29.5. The van der Waals surface area contributed by atoms with E-state index in [0.29, 0.717) is 17.4 Å². The Bertz CT molecular complexity index is 1450. The molecular weight excluding hydrogens is 416 g/mol. The molecule has 1 aliphatic carbocycles. The molecule has 8 nitrogen and oxygen atoms in total. The van der Waals surface area contributed by atoms with Crippen LogP contribution in [-0.2, 0) is 11.2 Å². The van der Waals surface area contributed by atoms with Gasteiger partial charge in [0.25, 0.3) is 0 Å². The van der Waals surface area contributed by atoms with Gasteiger partial charge in [-0.3, -0.25) is 14.8 Å². The van der Waals surface area contributed by atoms with Crippen LogP contribution in [-0.4, -0.2) is 31.0 Å². The molecule has 5 aromatic heterocycles. The van der Waals surface area contributed by atoms with Crippen LogP contribution in [0.25, 0.3) is 33.5 Å². The Morgan fingerprint density at radius 3 is 2.79 bits per heavy atom. The molecule has 0 atom stereocenters. The number of fused-ring (bicyclic) bond motifs is 1. The summed E-state index contributed by atoms with van der Waals surface area (Å²) >= 11 is 0. The third-order valence-electron chi connectivity index (χ3n) is 5.69. The molecule has 0 spiro atoms. The minimum absolute atomic E-state index is 0.137. The smallest absolute Gasteiger partial charge is 0.231 e. The second-order valence-electron chi connectivity index (χ2n) is 8.14. The SMILES string of the molecule is O=C(Cc1cc(C2CC2)on1)Nc1cc(-c2[nH]c3cccnc3c2-c2ccccn2)ccn1. The third-order valence-corrected chi connectivity index (χ3v) is 5.69. The Morgan fingerprint density at radius 1 is 1.03 bits per heavy atom. The molecular formula is C25H20N6O2. The predicted octanol–water partition coefficient (Wildman–Crippen LogP) is 4.73. The van der Waals surface area contributed by atoms with Crippen LogP contribution in [0.15, 0.2) is 71.6 Å². The molecule has 0 saturated heterocycles. The van der Waals surface area contributed by atoms with Gasteiger partial charge in [0.2, 0.25) is 5.91 Å². The molecule has 0 aromatic carbocycles. The van der Waals surface area contributed by atoms with E-state index in [1.165, 1.54) is 0 Å². The second kappa shape index (κ2) is 7.98. The molecule has 0 aliphatic heterocycles. The number of anilines is 1. The molecule has 33 heavy (non-hydrogen) atoms. The molecule has 1 saturated carbocycles. The first-order valence-corrected chi connectivity index (χ1v) is 10.8. The predicted molar refractivity (Wildman–Crippen MR) is 123 cm³/mol. The van der Waals surface area contributed by atoms with Crippen molar-refractivity contribution in [2.24, 2.45) is 0 Å². The maximum atomic E-state index is 12.6. The van der Waals surface area contributed by atoms with Gasteiger partial charge in [-0.05, 0) is 49.2 Å². The fourth-order valence-corrected chi connectivity index (χ4v) is 3.98. The molecule has 0 radical (unpaired) electrons. The highest BCUT2D eigenvalue weighted by atomic mass is 16.5. The van der Waals surface area contributed by atoms with E-state index in [-0.39, 0.29) is 12.3 Å². The van der Waals surface area contributed by atoms with Crippen LogP contribution >= 0.6 is 0 Å². The molecule has 1 amide bonds. The third kappa shape index (κ3) is 3.87. The van der Waals surface area contributed by atoms with E-state index in [1.807, 2.05) is 48.5 Å². The van der Waals surface area contributed by atoms with Crippen LogP contribution in [0.1, 0.15) is 30.2 Å². The van der Waals surface area contributed by atoms with Crippen LogP contribution in [0, 0.1) is 0 Å². The number of nitrogens with one attached hydrogen (secondary N) is 2. The Kier molecular flexibility index (Phi) is 4.68. The van der Waals surface area contributed by atoms with E-state index in [2.05, 4.69) is 30.4 Å². The van der Waals surface area contributed by atoms with E-state index in [4.69, 9.17) is 4.52 Å². The van der Waals surface area contributed by atoms with E-state index in [0.717, 1.165) is 52.2 Å². The molecule has 5 aromatic rings. The number of aromatic nitrogens is 5. The van der Waals surface area contributed by atoms with Crippen molar-refractivity contribution in [1.29, 1.82) is 0 Å². The number of aromatic amines is 1. The summed E-state index contributed by atoms with van der Waals surface area (Å²) in [6.45, 7) is 0. The maximum Gasteiger partial charge on any atom is 0.231 e. The van der Waals surface area contributed by atoms with Gasteiger partial charge in [-0.2, -0.15) is 0 Å². The summed E-state index contributed by atoms with van der Waals surface area (Å²) < 4.78 is 5.34. The van der Waals surface area contributed by atoms with Crippen LogP contribution in [0.3, 0.4) is 0 Å². The van der Waals surface area contributed by atoms with Crippen molar-refractivity contribution in [2.45, 2.75) is 25.2 Å². The van der Waals surface area contributed by atoms with Crippen molar-refractivity contribution in [3.8, 4) is 22.5 Å².